The molecule has 0 radical (unpaired) electrons. The Kier molecular flexibility index (Phi) is 6.67. The summed E-state index contributed by atoms with van der Waals surface area (Å²) < 4.78 is 5.45. The molecule has 1 aromatic heterocycles. The van der Waals surface area contributed by atoms with E-state index in [1.807, 2.05) is 19.1 Å². The summed E-state index contributed by atoms with van der Waals surface area (Å²) in [5, 5.41) is 0. The first-order valence-corrected chi connectivity index (χ1v) is 5.06. The summed E-state index contributed by atoms with van der Waals surface area (Å²) in [6.45, 7) is 4.14. The highest BCUT2D eigenvalue weighted by Gasteiger charge is 2.08. The van der Waals surface area contributed by atoms with Crippen LogP contribution in [0.15, 0.2) is 16.5 Å². The van der Waals surface area contributed by atoms with Crippen molar-refractivity contribution in [2.24, 2.45) is 5.73 Å². The van der Waals surface area contributed by atoms with Gasteiger partial charge in [0.05, 0.1) is 6.04 Å². The maximum absolute atomic E-state index is 5.96. The molecule has 1 rings (SSSR count). The van der Waals surface area contributed by atoms with Gasteiger partial charge < -0.3 is 10.2 Å². The lowest BCUT2D eigenvalue weighted by Gasteiger charge is -2.07. The standard InChI is InChI=1S/C11H19NO.ClH/c1-3-4-5-6-10(12)11-8-7-9(2)13-11;/h7-8,10H,3-6,12H2,1-2H3;1H. The monoisotopic (exact) mass is 217 g/mol. The molecule has 0 aromatic carbocycles. The van der Waals surface area contributed by atoms with Gasteiger partial charge in [-0.25, -0.2) is 0 Å². The molecule has 14 heavy (non-hydrogen) atoms. The second-order valence-electron chi connectivity index (χ2n) is 3.55. The maximum atomic E-state index is 5.96. The highest BCUT2D eigenvalue weighted by molar-refractivity contribution is 5.85. The van der Waals surface area contributed by atoms with Gasteiger partial charge in [-0.3, -0.25) is 0 Å². The summed E-state index contributed by atoms with van der Waals surface area (Å²) in [5.74, 6) is 1.87. The number of halogens is 1. The Morgan fingerprint density at radius 1 is 1.36 bits per heavy atom. The van der Waals surface area contributed by atoms with Gasteiger partial charge in [0.2, 0.25) is 0 Å². The fourth-order valence-corrected chi connectivity index (χ4v) is 1.41. The molecule has 1 aromatic rings. The van der Waals surface area contributed by atoms with Gasteiger partial charge in [0.25, 0.3) is 0 Å². The van der Waals surface area contributed by atoms with Gasteiger partial charge in [0.1, 0.15) is 11.5 Å². The Hall–Kier alpha value is -0.470. The normalized spacial score (nSPS) is 12.2. The second-order valence-corrected chi connectivity index (χ2v) is 3.55. The van der Waals surface area contributed by atoms with E-state index in [0.29, 0.717) is 0 Å². The van der Waals surface area contributed by atoms with Crippen LogP contribution in [-0.2, 0) is 0 Å². The molecule has 0 bridgehead atoms. The van der Waals surface area contributed by atoms with E-state index in [-0.39, 0.29) is 18.4 Å². The average molecular weight is 218 g/mol. The molecule has 2 nitrogen and oxygen atoms in total. The number of hydrogen-bond acceptors (Lipinski definition) is 2. The van der Waals surface area contributed by atoms with Crippen LogP contribution in [0, 0.1) is 6.92 Å². The molecule has 3 heteroatoms. The van der Waals surface area contributed by atoms with Crippen molar-refractivity contribution in [3.05, 3.63) is 23.7 Å². The molecule has 2 N–H and O–H groups in total. The molecular formula is C11H20ClNO. The van der Waals surface area contributed by atoms with Crippen LogP contribution in [0.3, 0.4) is 0 Å². The quantitative estimate of drug-likeness (QED) is 0.766. The van der Waals surface area contributed by atoms with Crippen LogP contribution in [0.25, 0.3) is 0 Å². The van der Waals surface area contributed by atoms with Gasteiger partial charge in [0, 0.05) is 0 Å². The highest BCUT2D eigenvalue weighted by Crippen LogP contribution is 2.19. The Morgan fingerprint density at radius 2 is 2.07 bits per heavy atom. The van der Waals surface area contributed by atoms with Gasteiger partial charge >= 0.3 is 0 Å². The Balaban J connectivity index is 0.00000169. The van der Waals surface area contributed by atoms with Gasteiger partial charge in [0.15, 0.2) is 0 Å². The fraction of sp³-hybridized carbons (Fsp3) is 0.636. The van der Waals surface area contributed by atoms with Crippen LogP contribution in [0.4, 0.5) is 0 Å². The zero-order valence-corrected chi connectivity index (χ0v) is 9.77. The lowest BCUT2D eigenvalue weighted by Crippen LogP contribution is -2.08. The van der Waals surface area contributed by atoms with Gasteiger partial charge in [-0.05, 0) is 25.5 Å². The summed E-state index contributed by atoms with van der Waals surface area (Å²) in [7, 11) is 0. The van der Waals surface area contributed by atoms with Crippen molar-refractivity contribution in [2.75, 3.05) is 0 Å². The van der Waals surface area contributed by atoms with Crippen LogP contribution in [0.2, 0.25) is 0 Å². The van der Waals surface area contributed by atoms with Crippen LogP contribution in [0.1, 0.15) is 50.2 Å². The van der Waals surface area contributed by atoms with E-state index in [1.54, 1.807) is 0 Å². The predicted octanol–water partition coefficient (Wildman–Crippen LogP) is 3.59. The highest BCUT2D eigenvalue weighted by atomic mass is 35.5. The zero-order chi connectivity index (χ0) is 9.68. The maximum Gasteiger partial charge on any atom is 0.120 e. The summed E-state index contributed by atoms with van der Waals surface area (Å²) in [6, 6.07) is 4.03. The zero-order valence-electron chi connectivity index (χ0n) is 8.95. The summed E-state index contributed by atoms with van der Waals surface area (Å²) in [4.78, 5) is 0. The van der Waals surface area contributed by atoms with Crippen molar-refractivity contribution in [2.45, 2.75) is 45.6 Å². The van der Waals surface area contributed by atoms with E-state index < -0.39 is 0 Å². The Bertz CT molecular complexity index is 247. The minimum Gasteiger partial charge on any atom is -0.465 e. The summed E-state index contributed by atoms with van der Waals surface area (Å²) in [5.41, 5.74) is 5.96. The van der Waals surface area contributed by atoms with Crippen LogP contribution >= 0.6 is 12.4 Å². The van der Waals surface area contributed by atoms with Crippen LogP contribution < -0.4 is 5.73 Å². The molecule has 0 saturated carbocycles. The van der Waals surface area contributed by atoms with Crippen LogP contribution in [-0.4, -0.2) is 0 Å². The first-order valence-electron chi connectivity index (χ1n) is 5.06. The van der Waals surface area contributed by atoms with Crippen molar-refractivity contribution in [3.63, 3.8) is 0 Å². The van der Waals surface area contributed by atoms with Gasteiger partial charge in [-0.15, -0.1) is 12.4 Å². The van der Waals surface area contributed by atoms with E-state index in [0.717, 1.165) is 17.9 Å². The van der Waals surface area contributed by atoms with Crippen molar-refractivity contribution >= 4 is 12.4 Å². The molecule has 0 saturated heterocycles. The first-order chi connectivity index (χ1) is 6.24. The average Bonchev–Trinajstić information content (AvgIpc) is 2.52. The molecule has 0 fully saturated rings. The Morgan fingerprint density at radius 3 is 2.57 bits per heavy atom. The molecule has 1 heterocycles. The Labute approximate surface area is 92.3 Å². The third kappa shape index (κ3) is 4.16. The van der Waals surface area contributed by atoms with Gasteiger partial charge in [-0.2, -0.15) is 0 Å². The topological polar surface area (TPSA) is 39.2 Å². The minimum atomic E-state index is 0. The van der Waals surface area contributed by atoms with Crippen molar-refractivity contribution in [1.82, 2.24) is 0 Å². The van der Waals surface area contributed by atoms with E-state index in [4.69, 9.17) is 10.2 Å². The molecule has 0 amide bonds. The fourth-order valence-electron chi connectivity index (χ4n) is 1.41. The number of unbranched alkanes of at least 4 members (excludes halogenated alkanes) is 2. The third-order valence-electron chi connectivity index (χ3n) is 2.25. The summed E-state index contributed by atoms with van der Waals surface area (Å²) >= 11 is 0. The number of rotatable bonds is 5. The number of furan rings is 1. The smallest absolute Gasteiger partial charge is 0.120 e. The SMILES string of the molecule is CCCCCC(N)c1ccc(C)o1.Cl. The predicted molar refractivity (Wildman–Crippen MR) is 61.8 cm³/mol. The molecule has 1 atom stereocenters. The minimum absolute atomic E-state index is 0. The lowest BCUT2D eigenvalue weighted by molar-refractivity contribution is 0.426. The van der Waals surface area contributed by atoms with E-state index in [2.05, 4.69) is 6.92 Å². The molecule has 0 aliphatic rings. The number of hydrogen-bond donors (Lipinski definition) is 1. The van der Waals surface area contributed by atoms with Crippen molar-refractivity contribution in [1.29, 1.82) is 0 Å². The first kappa shape index (κ1) is 13.5. The molecule has 1 unspecified atom stereocenters. The van der Waals surface area contributed by atoms with Crippen molar-refractivity contribution in [3.8, 4) is 0 Å². The third-order valence-corrected chi connectivity index (χ3v) is 2.25. The van der Waals surface area contributed by atoms with Crippen LogP contribution in [0.5, 0.6) is 0 Å². The lowest BCUT2D eigenvalue weighted by atomic mass is 10.1. The molecule has 0 aliphatic carbocycles. The number of nitrogens with two attached hydrogens (primary N) is 1. The largest absolute Gasteiger partial charge is 0.465 e. The molecule has 0 aliphatic heterocycles. The van der Waals surface area contributed by atoms with E-state index >= 15 is 0 Å². The van der Waals surface area contributed by atoms with E-state index in [9.17, 15) is 0 Å². The summed E-state index contributed by atoms with van der Waals surface area (Å²) in [6.07, 6.45) is 4.72. The van der Waals surface area contributed by atoms with Gasteiger partial charge in [-0.1, -0.05) is 26.2 Å². The molecular weight excluding hydrogens is 198 g/mol. The van der Waals surface area contributed by atoms with Crippen molar-refractivity contribution < 1.29 is 4.42 Å². The molecule has 82 valence electrons. The number of aryl methyl sites for hydroxylation is 1. The second kappa shape index (κ2) is 6.91. The van der Waals surface area contributed by atoms with E-state index in [1.165, 1.54) is 19.3 Å². The molecule has 0 spiro atoms.